The largest absolute Gasteiger partial charge is 0.493 e. The van der Waals surface area contributed by atoms with Crippen LogP contribution in [0.3, 0.4) is 0 Å². The fraction of sp³-hybridized carbons (Fsp3) is 0.552. The lowest BCUT2D eigenvalue weighted by Crippen LogP contribution is -2.50. The van der Waals surface area contributed by atoms with Gasteiger partial charge in [-0.05, 0) is 54.2 Å². The first-order valence-corrected chi connectivity index (χ1v) is 13.4. The molecule has 2 aromatic carbocycles. The Balaban J connectivity index is 0.00000400. The molecule has 2 heterocycles. The van der Waals surface area contributed by atoms with Gasteiger partial charge in [-0.1, -0.05) is 38.1 Å². The summed E-state index contributed by atoms with van der Waals surface area (Å²) in [5, 5.41) is 3.10. The fourth-order valence-electron chi connectivity index (χ4n) is 4.72. The zero-order valence-corrected chi connectivity index (χ0v) is 23.3. The molecule has 2 amide bonds. The highest BCUT2D eigenvalue weighted by Crippen LogP contribution is 2.21. The van der Waals surface area contributed by atoms with Crippen molar-refractivity contribution in [3.8, 4) is 5.75 Å². The number of nitrogens with zero attached hydrogens (tertiary/aromatic N) is 2. The van der Waals surface area contributed by atoms with Gasteiger partial charge in [0, 0.05) is 45.2 Å². The van der Waals surface area contributed by atoms with Gasteiger partial charge in [-0.15, -0.1) is 12.4 Å². The Hall–Kier alpha value is -2.39. The van der Waals surface area contributed by atoms with E-state index in [2.05, 4.69) is 24.1 Å². The Kier molecular flexibility index (Phi) is 12.1. The summed E-state index contributed by atoms with van der Waals surface area (Å²) >= 11 is 0. The molecule has 0 bridgehead atoms. The third-order valence-electron chi connectivity index (χ3n) is 6.85. The summed E-state index contributed by atoms with van der Waals surface area (Å²) in [6.07, 6.45) is 2.56. The maximum atomic E-state index is 13.5. The van der Waals surface area contributed by atoms with Gasteiger partial charge in [-0.2, -0.15) is 0 Å². The number of carbonyl (C=O) groups is 1. The molecule has 0 spiro atoms. The van der Waals surface area contributed by atoms with Crippen molar-refractivity contribution in [2.45, 2.75) is 58.5 Å². The summed E-state index contributed by atoms with van der Waals surface area (Å²) in [5.74, 6) is 1.02. The third-order valence-corrected chi connectivity index (χ3v) is 6.85. The molecule has 0 radical (unpaired) electrons. The molecule has 0 atom stereocenters. The van der Waals surface area contributed by atoms with E-state index >= 15 is 0 Å². The zero-order chi connectivity index (χ0) is 26.0. The van der Waals surface area contributed by atoms with E-state index in [1.54, 1.807) is 12.1 Å². The smallest absolute Gasteiger partial charge is 0.318 e. The van der Waals surface area contributed by atoms with Crippen LogP contribution in [-0.2, 0) is 22.6 Å². The number of amides is 2. The number of ether oxygens (including phenoxy) is 3. The van der Waals surface area contributed by atoms with Crippen molar-refractivity contribution < 1.29 is 23.4 Å². The van der Waals surface area contributed by atoms with Gasteiger partial charge in [0.2, 0.25) is 0 Å². The minimum atomic E-state index is -0.274. The number of carbonyl (C=O) groups excluding carboxylic acids is 1. The first-order chi connectivity index (χ1) is 18.0. The van der Waals surface area contributed by atoms with Gasteiger partial charge >= 0.3 is 6.03 Å². The standard InChI is InChI=1S/C29H40FN3O4.ClH/c1-22(2)21-37-27-9-5-23(6-10-27)19-31-29(34)33(20-24-3-7-25(30)8-4-24)26-11-14-32(15-12-26)16-13-28-35-17-18-36-28;/h3-10,22,26,28H,11-21H2,1-2H3,(H,31,34);1H. The van der Waals surface area contributed by atoms with E-state index in [1.165, 1.54) is 12.1 Å². The molecule has 2 aromatic rings. The normalized spacial score (nSPS) is 16.8. The van der Waals surface area contributed by atoms with Crippen LogP contribution in [0.1, 0.15) is 44.2 Å². The lowest BCUT2D eigenvalue weighted by Gasteiger charge is -2.38. The Morgan fingerprint density at radius 3 is 2.32 bits per heavy atom. The van der Waals surface area contributed by atoms with Crippen LogP contribution in [-0.4, -0.2) is 67.6 Å². The maximum absolute atomic E-state index is 13.5. The molecule has 4 rings (SSSR count). The quantitative estimate of drug-likeness (QED) is 0.416. The van der Waals surface area contributed by atoms with E-state index in [4.69, 9.17) is 14.2 Å². The summed E-state index contributed by atoms with van der Waals surface area (Å²) in [7, 11) is 0. The van der Waals surface area contributed by atoms with Crippen LogP contribution in [0, 0.1) is 11.7 Å². The van der Waals surface area contributed by atoms with Crippen molar-refractivity contribution >= 4 is 18.4 Å². The number of halogens is 2. The molecule has 1 N–H and O–H groups in total. The number of urea groups is 1. The SMILES string of the molecule is CC(C)COc1ccc(CNC(=O)N(Cc2ccc(F)cc2)C2CCN(CCC3OCCO3)CC2)cc1.Cl. The molecule has 2 fully saturated rings. The van der Waals surface area contributed by atoms with Crippen LogP contribution in [0.4, 0.5) is 9.18 Å². The Bertz CT molecular complexity index is 963. The van der Waals surface area contributed by atoms with Gasteiger partial charge in [-0.25, -0.2) is 9.18 Å². The van der Waals surface area contributed by atoms with E-state index in [-0.39, 0.29) is 36.6 Å². The van der Waals surface area contributed by atoms with Gasteiger partial charge in [0.1, 0.15) is 11.6 Å². The molecule has 2 aliphatic rings. The summed E-state index contributed by atoms with van der Waals surface area (Å²) in [5.41, 5.74) is 1.93. The van der Waals surface area contributed by atoms with E-state index in [0.717, 1.165) is 55.8 Å². The molecule has 7 nitrogen and oxygen atoms in total. The van der Waals surface area contributed by atoms with Crippen molar-refractivity contribution in [2.75, 3.05) is 39.5 Å². The second-order valence-corrected chi connectivity index (χ2v) is 10.3. The highest BCUT2D eigenvalue weighted by Gasteiger charge is 2.29. The van der Waals surface area contributed by atoms with Crippen LogP contribution < -0.4 is 10.1 Å². The van der Waals surface area contributed by atoms with Crippen LogP contribution >= 0.6 is 12.4 Å². The highest BCUT2D eigenvalue weighted by molar-refractivity contribution is 5.85. The summed E-state index contributed by atoms with van der Waals surface area (Å²) < 4.78 is 30.3. The zero-order valence-electron chi connectivity index (χ0n) is 22.4. The number of likely N-dealkylation sites (tertiary alicyclic amines) is 1. The van der Waals surface area contributed by atoms with Gasteiger partial charge in [0.05, 0.1) is 19.8 Å². The fourth-order valence-corrected chi connectivity index (χ4v) is 4.72. The predicted molar refractivity (Wildman–Crippen MR) is 148 cm³/mol. The monoisotopic (exact) mass is 549 g/mol. The Morgan fingerprint density at radius 1 is 1.05 bits per heavy atom. The molecule has 0 saturated carbocycles. The Morgan fingerprint density at radius 2 is 1.68 bits per heavy atom. The number of benzene rings is 2. The molecule has 38 heavy (non-hydrogen) atoms. The van der Waals surface area contributed by atoms with Crippen molar-refractivity contribution in [1.82, 2.24) is 15.1 Å². The lowest BCUT2D eigenvalue weighted by molar-refractivity contribution is -0.0529. The average Bonchev–Trinajstić information content (AvgIpc) is 3.44. The topological polar surface area (TPSA) is 63.3 Å². The molecular formula is C29H41ClFN3O4. The lowest BCUT2D eigenvalue weighted by atomic mass is 10.0. The second-order valence-electron chi connectivity index (χ2n) is 10.3. The van der Waals surface area contributed by atoms with E-state index < -0.39 is 0 Å². The number of piperidine rings is 1. The molecular weight excluding hydrogens is 509 g/mol. The molecule has 9 heteroatoms. The van der Waals surface area contributed by atoms with Gasteiger partial charge < -0.3 is 29.3 Å². The summed E-state index contributed by atoms with van der Waals surface area (Å²) in [4.78, 5) is 17.7. The predicted octanol–water partition coefficient (Wildman–Crippen LogP) is 5.22. The van der Waals surface area contributed by atoms with Crippen molar-refractivity contribution in [1.29, 1.82) is 0 Å². The van der Waals surface area contributed by atoms with Crippen LogP contribution in [0.15, 0.2) is 48.5 Å². The van der Waals surface area contributed by atoms with Crippen LogP contribution in [0.2, 0.25) is 0 Å². The van der Waals surface area contributed by atoms with Gasteiger partial charge in [-0.3, -0.25) is 0 Å². The van der Waals surface area contributed by atoms with Crippen molar-refractivity contribution in [2.24, 2.45) is 5.92 Å². The Labute approximate surface area is 232 Å². The number of rotatable bonds is 11. The van der Waals surface area contributed by atoms with E-state index in [1.807, 2.05) is 29.2 Å². The highest BCUT2D eigenvalue weighted by atomic mass is 35.5. The van der Waals surface area contributed by atoms with Crippen LogP contribution in [0.5, 0.6) is 5.75 Å². The molecule has 0 unspecified atom stereocenters. The van der Waals surface area contributed by atoms with Crippen molar-refractivity contribution in [3.63, 3.8) is 0 Å². The van der Waals surface area contributed by atoms with Crippen molar-refractivity contribution in [3.05, 3.63) is 65.5 Å². The van der Waals surface area contributed by atoms with E-state index in [9.17, 15) is 9.18 Å². The first-order valence-electron chi connectivity index (χ1n) is 13.4. The minimum absolute atomic E-state index is 0. The number of hydrogen-bond donors (Lipinski definition) is 1. The van der Waals surface area contributed by atoms with E-state index in [0.29, 0.717) is 38.8 Å². The summed E-state index contributed by atoms with van der Waals surface area (Å²) in [6.45, 7) is 9.91. The first kappa shape index (κ1) is 30.2. The number of nitrogens with one attached hydrogen (secondary N) is 1. The molecule has 2 saturated heterocycles. The average molecular weight is 550 g/mol. The maximum Gasteiger partial charge on any atom is 0.318 e. The molecule has 2 aliphatic heterocycles. The van der Waals surface area contributed by atoms with Gasteiger partial charge in [0.25, 0.3) is 0 Å². The molecule has 0 aromatic heterocycles. The molecule has 210 valence electrons. The van der Waals surface area contributed by atoms with Crippen LogP contribution in [0.25, 0.3) is 0 Å². The second kappa shape index (κ2) is 15.3. The van der Waals surface area contributed by atoms with Gasteiger partial charge in [0.15, 0.2) is 6.29 Å². The molecule has 0 aliphatic carbocycles. The summed E-state index contributed by atoms with van der Waals surface area (Å²) in [6, 6.07) is 14.3. The minimum Gasteiger partial charge on any atom is -0.493 e. The number of hydrogen-bond acceptors (Lipinski definition) is 5. The third kappa shape index (κ3) is 9.42.